The summed E-state index contributed by atoms with van der Waals surface area (Å²) in [6.45, 7) is 2.32. The molecule has 0 aliphatic carbocycles. The normalized spacial score (nSPS) is 12.4. The Morgan fingerprint density at radius 3 is 2.27 bits per heavy atom. The number of rotatable bonds is 5. The van der Waals surface area contributed by atoms with Crippen molar-refractivity contribution in [2.45, 2.75) is 26.2 Å². The van der Waals surface area contributed by atoms with Gasteiger partial charge in [0.05, 0.1) is 0 Å². The Morgan fingerprint density at radius 2 is 1.91 bits per heavy atom. The predicted molar refractivity (Wildman–Crippen MR) is 43.5 cm³/mol. The standard InChI is InChI=1S/C5H15N3O2S/c1-2-3-4-5-8(6)11(7,9)10/h2-6H2,1H3,(H2,7,9,10). The molecule has 6 heteroatoms. The Labute approximate surface area is 67.5 Å². The maximum Gasteiger partial charge on any atom is 0.289 e. The van der Waals surface area contributed by atoms with Crippen molar-refractivity contribution in [1.82, 2.24) is 4.41 Å². The van der Waals surface area contributed by atoms with Crippen molar-refractivity contribution in [1.29, 1.82) is 0 Å². The van der Waals surface area contributed by atoms with Crippen molar-refractivity contribution in [2.24, 2.45) is 11.0 Å². The van der Waals surface area contributed by atoms with Gasteiger partial charge in [0.1, 0.15) is 0 Å². The molecule has 68 valence electrons. The lowest BCUT2D eigenvalue weighted by Crippen LogP contribution is -2.42. The summed E-state index contributed by atoms with van der Waals surface area (Å²) in [5.74, 6) is 5.11. The third kappa shape index (κ3) is 5.14. The Balaban J connectivity index is 3.62. The minimum Gasteiger partial charge on any atom is -0.254 e. The summed E-state index contributed by atoms with van der Waals surface area (Å²) in [5, 5.41) is 4.73. The summed E-state index contributed by atoms with van der Waals surface area (Å²) in [5.41, 5.74) is 0. The molecule has 0 saturated carbocycles. The van der Waals surface area contributed by atoms with Gasteiger partial charge in [0, 0.05) is 6.54 Å². The van der Waals surface area contributed by atoms with E-state index in [1.807, 2.05) is 6.92 Å². The first-order valence-electron chi connectivity index (χ1n) is 3.53. The third-order valence-electron chi connectivity index (χ3n) is 1.31. The molecule has 4 N–H and O–H groups in total. The van der Waals surface area contributed by atoms with Crippen LogP contribution in [0.2, 0.25) is 0 Å². The van der Waals surface area contributed by atoms with Crippen LogP contribution in [0.1, 0.15) is 26.2 Å². The van der Waals surface area contributed by atoms with Crippen LogP contribution in [0.4, 0.5) is 0 Å². The lowest BCUT2D eigenvalue weighted by atomic mass is 10.3. The molecule has 0 amide bonds. The van der Waals surface area contributed by atoms with Gasteiger partial charge in [-0.25, -0.2) is 5.14 Å². The van der Waals surface area contributed by atoms with E-state index in [1.165, 1.54) is 0 Å². The average Bonchev–Trinajstić information content (AvgIpc) is 1.86. The molecular weight excluding hydrogens is 166 g/mol. The van der Waals surface area contributed by atoms with Gasteiger partial charge in [-0.15, -0.1) is 4.41 Å². The highest BCUT2D eigenvalue weighted by atomic mass is 32.2. The van der Waals surface area contributed by atoms with Gasteiger partial charge < -0.3 is 0 Å². The molecule has 0 unspecified atom stereocenters. The Hall–Kier alpha value is -0.170. The molecule has 0 bridgehead atoms. The van der Waals surface area contributed by atoms with Gasteiger partial charge in [0.2, 0.25) is 0 Å². The summed E-state index contributed by atoms with van der Waals surface area (Å²) in [4.78, 5) is 0. The lowest BCUT2D eigenvalue weighted by Gasteiger charge is -2.11. The highest BCUT2D eigenvalue weighted by molar-refractivity contribution is 7.86. The van der Waals surface area contributed by atoms with E-state index in [0.29, 0.717) is 11.0 Å². The first-order valence-corrected chi connectivity index (χ1v) is 5.04. The molecule has 0 saturated heterocycles. The second kappa shape index (κ2) is 4.66. The van der Waals surface area contributed by atoms with Crippen LogP contribution in [0.3, 0.4) is 0 Å². The van der Waals surface area contributed by atoms with Crippen molar-refractivity contribution in [3.8, 4) is 0 Å². The maximum atomic E-state index is 10.5. The Bertz CT molecular complexity index is 190. The van der Waals surface area contributed by atoms with Gasteiger partial charge in [-0.05, 0) is 6.42 Å². The second-order valence-corrected chi connectivity index (χ2v) is 3.86. The predicted octanol–water partition coefficient (Wildman–Crippen LogP) is -0.444. The Kier molecular flexibility index (Phi) is 4.58. The van der Waals surface area contributed by atoms with Crippen LogP contribution in [0.5, 0.6) is 0 Å². The van der Waals surface area contributed by atoms with E-state index in [1.54, 1.807) is 0 Å². The van der Waals surface area contributed by atoms with E-state index in [-0.39, 0.29) is 0 Å². The van der Waals surface area contributed by atoms with Gasteiger partial charge in [-0.1, -0.05) is 19.8 Å². The fourth-order valence-electron chi connectivity index (χ4n) is 0.645. The van der Waals surface area contributed by atoms with Crippen LogP contribution in [-0.4, -0.2) is 19.4 Å². The van der Waals surface area contributed by atoms with Gasteiger partial charge >= 0.3 is 0 Å². The van der Waals surface area contributed by atoms with Crippen molar-refractivity contribution in [3.05, 3.63) is 0 Å². The van der Waals surface area contributed by atoms with E-state index in [4.69, 9.17) is 11.0 Å². The topological polar surface area (TPSA) is 89.4 Å². The van der Waals surface area contributed by atoms with Crippen molar-refractivity contribution < 1.29 is 8.42 Å². The quantitative estimate of drug-likeness (QED) is 0.342. The molecule has 5 nitrogen and oxygen atoms in total. The number of nitrogens with zero attached hydrogens (tertiary/aromatic N) is 1. The number of unbranched alkanes of at least 4 members (excludes halogenated alkanes) is 2. The molecule has 0 heterocycles. The molecule has 0 aromatic rings. The molecule has 11 heavy (non-hydrogen) atoms. The number of hydrazine groups is 1. The second-order valence-electron chi connectivity index (χ2n) is 2.36. The van der Waals surface area contributed by atoms with E-state index in [0.717, 1.165) is 19.3 Å². The van der Waals surface area contributed by atoms with Crippen molar-refractivity contribution >= 4 is 10.2 Å². The van der Waals surface area contributed by atoms with Gasteiger partial charge in [-0.3, -0.25) is 5.84 Å². The summed E-state index contributed by atoms with van der Waals surface area (Å²) in [6.07, 6.45) is 2.74. The van der Waals surface area contributed by atoms with Gasteiger partial charge in [0.15, 0.2) is 0 Å². The van der Waals surface area contributed by atoms with Crippen LogP contribution >= 0.6 is 0 Å². The molecular formula is C5H15N3O2S. The lowest BCUT2D eigenvalue weighted by molar-refractivity contribution is 0.414. The van der Waals surface area contributed by atoms with Crippen LogP contribution < -0.4 is 11.0 Å². The van der Waals surface area contributed by atoms with E-state index >= 15 is 0 Å². The van der Waals surface area contributed by atoms with Crippen LogP contribution in [0.15, 0.2) is 0 Å². The zero-order valence-corrected chi connectivity index (χ0v) is 7.47. The fraction of sp³-hybridized carbons (Fsp3) is 1.00. The molecule has 0 atom stereocenters. The molecule has 0 rings (SSSR count). The molecule has 0 fully saturated rings. The summed E-state index contributed by atoms with van der Waals surface area (Å²) in [6, 6.07) is 0. The minimum atomic E-state index is -3.67. The fourth-order valence-corrected chi connectivity index (χ4v) is 1.03. The molecule has 0 spiro atoms. The zero-order chi connectivity index (χ0) is 8.91. The number of nitrogens with two attached hydrogens (primary N) is 2. The third-order valence-corrected chi connectivity index (χ3v) is 2.15. The summed E-state index contributed by atoms with van der Waals surface area (Å²) in [7, 11) is -3.67. The van der Waals surface area contributed by atoms with Crippen LogP contribution in [-0.2, 0) is 10.2 Å². The van der Waals surface area contributed by atoms with E-state index in [9.17, 15) is 8.42 Å². The van der Waals surface area contributed by atoms with Gasteiger partial charge in [-0.2, -0.15) is 8.42 Å². The summed E-state index contributed by atoms with van der Waals surface area (Å²) < 4.78 is 21.7. The highest BCUT2D eigenvalue weighted by Gasteiger charge is 2.10. The largest absolute Gasteiger partial charge is 0.289 e. The molecule has 0 aliphatic rings. The first kappa shape index (κ1) is 10.8. The molecule has 0 aromatic carbocycles. The SMILES string of the molecule is CCCCCN(N)S(N)(=O)=O. The first-order chi connectivity index (χ1) is 4.98. The van der Waals surface area contributed by atoms with Crippen LogP contribution in [0, 0.1) is 0 Å². The van der Waals surface area contributed by atoms with E-state index in [2.05, 4.69) is 0 Å². The molecule has 0 aliphatic heterocycles. The molecule has 0 radical (unpaired) electrons. The van der Waals surface area contributed by atoms with Crippen molar-refractivity contribution in [2.75, 3.05) is 6.54 Å². The minimum absolute atomic E-state index is 0.298. The number of hydrogen-bond acceptors (Lipinski definition) is 3. The van der Waals surface area contributed by atoms with E-state index < -0.39 is 10.2 Å². The maximum absolute atomic E-state index is 10.5. The van der Waals surface area contributed by atoms with Crippen LogP contribution in [0.25, 0.3) is 0 Å². The molecule has 0 aromatic heterocycles. The average molecular weight is 181 g/mol. The monoisotopic (exact) mass is 181 g/mol. The summed E-state index contributed by atoms with van der Waals surface area (Å²) >= 11 is 0. The highest BCUT2D eigenvalue weighted by Crippen LogP contribution is 1.96. The Morgan fingerprint density at radius 1 is 1.36 bits per heavy atom. The zero-order valence-electron chi connectivity index (χ0n) is 6.66. The number of hydrogen-bond donors (Lipinski definition) is 2. The van der Waals surface area contributed by atoms with Gasteiger partial charge in [0.25, 0.3) is 10.2 Å². The smallest absolute Gasteiger partial charge is 0.254 e. The van der Waals surface area contributed by atoms with Crippen molar-refractivity contribution in [3.63, 3.8) is 0 Å².